The number of aromatic nitrogens is 1. The van der Waals surface area contributed by atoms with Crippen LogP contribution in [0.1, 0.15) is 70.7 Å². The van der Waals surface area contributed by atoms with E-state index in [2.05, 4.69) is 20.4 Å². The Balaban J connectivity index is 1.56. The first-order valence-electron chi connectivity index (χ1n) is 18.0. The Hall–Kier alpha value is -5.58. The molecule has 1 fully saturated rings. The van der Waals surface area contributed by atoms with Crippen molar-refractivity contribution in [2.45, 2.75) is 82.0 Å². The van der Waals surface area contributed by atoms with Gasteiger partial charge < -0.3 is 35.5 Å². The molecule has 1 aliphatic heterocycles. The summed E-state index contributed by atoms with van der Waals surface area (Å²) in [6.45, 7) is 7.94. The number of amides is 2. The predicted molar refractivity (Wildman–Crippen MR) is 204 cm³/mol. The Morgan fingerprint density at radius 2 is 1.71 bits per heavy atom. The number of carbonyl (C=O) groups excluding carboxylic acids is 3. The fourth-order valence-electron chi connectivity index (χ4n) is 6.40. The van der Waals surface area contributed by atoms with E-state index in [9.17, 15) is 36.0 Å². The van der Waals surface area contributed by atoms with E-state index >= 15 is 0 Å². The summed E-state index contributed by atoms with van der Waals surface area (Å²) in [7, 11) is -3.96. The number of nitrogen functional groups attached to an aromatic ring is 1. The van der Waals surface area contributed by atoms with Gasteiger partial charge in [0, 0.05) is 29.5 Å². The Morgan fingerprint density at radius 1 is 0.982 bits per heavy atom. The lowest BCUT2D eigenvalue weighted by Crippen LogP contribution is -2.38. The number of nitrogens with one attached hydrogen (secondary N) is 2. The van der Waals surface area contributed by atoms with Crippen molar-refractivity contribution in [3.63, 3.8) is 0 Å². The Bertz CT molecular complexity index is 2210. The zero-order chi connectivity index (χ0) is 40.9. The molecule has 2 heterocycles. The Labute approximate surface area is 322 Å². The molecule has 1 aliphatic rings. The van der Waals surface area contributed by atoms with E-state index in [0.29, 0.717) is 48.0 Å². The second-order valence-electron chi connectivity index (χ2n) is 13.7. The van der Waals surface area contributed by atoms with Crippen LogP contribution in [0.5, 0.6) is 11.5 Å². The Morgan fingerprint density at radius 3 is 2.39 bits per heavy atom. The molecule has 2 atom stereocenters. The number of sulfone groups is 1. The standard InChI is InChI=1S/C39H44F3N5O8S/c1-6-53-32-19-25(9-13-31(32)55-22(2)3)35(46-26-10-12-28-24(18-26)15-16-44-36(28)43)37(49)47-17-7-8-30(47)29-20-27(11-14-33(29)56(51,52)23(4)5)45-34(48)21-54-38(50)39(40,41)42/h9-16,18-20,22-23,30,35,46H,6-8,17,21H2,1-5H3,(H2,43,44)(H,45,48)/t30-,35+/m0/s1. The minimum absolute atomic E-state index is 0.0248. The normalized spacial score (nSPS) is 15.2. The first-order chi connectivity index (χ1) is 26.4. The van der Waals surface area contributed by atoms with Crippen LogP contribution in [0.4, 0.5) is 30.4 Å². The number of fused-ring (bicyclic) bond motifs is 1. The summed E-state index contributed by atoms with van der Waals surface area (Å²) < 4.78 is 81.3. The lowest BCUT2D eigenvalue weighted by Gasteiger charge is -2.32. The molecule has 1 aromatic heterocycles. The molecule has 0 spiro atoms. The molecule has 56 heavy (non-hydrogen) atoms. The molecule has 13 nitrogen and oxygen atoms in total. The molecule has 2 amide bonds. The number of pyridine rings is 1. The van der Waals surface area contributed by atoms with Crippen molar-refractivity contribution in [1.29, 1.82) is 0 Å². The fourth-order valence-corrected chi connectivity index (χ4v) is 7.69. The maximum atomic E-state index is 15.0. The van der Waals surface area contributed by atoms with Gasteiger partial charge >= 0.3 is 12.1 Å². The number of alkyl halides is 3. The summed E-state index contributed by atoms with van der Waals surface area (Å²) in [6.07, 6.45) is -3.02. The average Bonchev–Trinajstić information content (AvgIpc) is 3.63. The highest BCUT2D eigenvalue weighted by molar-refractivity contribution is 7.92. The van der Waals surface area contributed by atoms with Gasteiger partial charge in [0.25, 0.3) is 5.91 Å². The van der Waals surface area contributed by atoms with Crippen molar-refractivity contribution in [3.05, 3.63) is 78.0 Å². The summed E-state index contributed by atoms with van der Waals surface area (Å²) >= 11 is 0. The van der Waals surface area contributed by atoms with E-state index in [-0.39, 0.29) is 28.8 Å². The Kier molecular flexibility index (Phi) is 12.7. The highest BCUT2D eigenvalue weighted by atomic mass is 32.2. The first-order valence-corrected chi connectivity index (χ1v) is 19.5. The third-order valence-corrected chi connectivity index (χ3v) is 11.2. The summed E-state index contributed by atoms with van der Waals surface area (Å²) in [5.74, 6) is -2.77. The van der Waals surface area contributed by atoms with Gasteiger partial charge in [-0.2, -0.15) is 13.2 Å². The molecule has 0 radical (unpaired) electrons. The zero-order valence-electron chi connectivity index (χ0n) is 31.5. The van der Waals surface area contributed by atoms with Gasteiger partial charge in [-0.15, -0.1) is 0 Å². The highest BCUT2D eigenvalue weighted by Gasteiger charge is 2.41. The second kappa shape index (κ2) is 17.1. The SMILES string of the molecule is CCOc1cc([C@@H](Nc2ccc3c(N)nccc3c2)C(=O)N2CCC[C@H]2c2cc(NC(=O)COC(=O)C(F)(F)F)ccc2S(=O)(=O)C(C)C)ccc1OC(C)C. The van der Waals surface area contributed by atoms with E-state index in [0.717, 1.165) is 10.8 Å². The van der Waals surface area contributed by atoms with E-state index in [4.69, 9.17) is 15.2 Å². The third-order valence-electron chi connectivity index (χ3n) is 9.00. The van der Waals surface area contributed by atoms with E-state index in [1.54, 1.807) is 47.5 Å². The minimum atomic E-state index is -5.29. The van der Waals surface area contributed by atoms with Gasteiger partial charge in [-0.1, -0.05) is 6.07 Å². The number of anilines is 3. The fraction of sp³-hybridized carbons (Fsp3) is 0.385. The van der Waals surface area contributed by atoms with Crippen LogP contribution in [0.15, 0.2) is 71.8 Å². The number of ether oxygens (including phenoxy) is 3. The van der Waals surface area contributed by atoms with Gasteiger partial charge in [-0.25, -0.2) is 18.2 Å². The monoisotopic (exact) mass is 799 g/mol. The molecule has 0 saturated carbocycles. The molecular weight excluding hydrogens is 756 g/mol. The molecule has 0 unspecified atom stereocenters. The molecule has 0 aliphatic carbocycles. The summed E-state index contributed by atoms with van der Waals surface area (Å²) in [5, 5.41) is 6.38. The van der Waals surface area contributed by atoms with Crippen LogP contribution in [0.2, 0.25) is 0 Å². The summed E-state index contributed by atoms with van der Waals surface area (Å²) in [6, 6.07) is 14.5. The number of benzene rings is 3. The lowest BCUT2D eigenvalue weighted by molar-refractivity contribution is -0.199. The van der Waals surface area contributed by atoms with Gasteiger partial charge in [0.05, 0.1) is 28.9 Å². The van der Waals surface area contributed by atoms with E-state index < -0.39 is 57.7 Å². The van der Waals surface area contributed by atoms with Crippen LogP contribution in [0, 0.1) is 0 Å². The van der Waals surface area contributed by atoms with Gasteiger partial charge in [0.15, 0.2) is 27.9 Å². The average molecular weight is 800 g/mol. The maximum Gasteiger partial charge on any atom is 0.490 e. The van der Waals surface area contributed by atoms with Crippen molar-refractivity contribution < 1.29 is 50.2 Å². The van der Waals surface area contributed by atoms with Gasteiger partial charge in [0.2, 0.25) is 5.91 Å². The summed E-state index contributed by atoms with van der Waals surface area (Å²) in [5.41, 5.74) is 7.43. The molecular formula is C39H44F3N5O8S. The van der Waals surface area contributed by atoms with Crippen molar-refractivity contribution in [3.8, 4) is 11.5 Å². The number of halogens is 3. The molecule has 4 N–H and O–H groups in total. The molecule has 3 aromatic carbocycles. The summed E-state index contributed by atoms with van der Waals surface area (Å²) in [4.78, 5) is 44.3. The van der Waals surface area contributed by atoms with Crippen LogP contribution >= 0.6 is 0 Å². The van der Waals surface area contributed by atoms with Gasteiger partial charge in [-0.05, 0) is 119 Å². The topological polar surface area (TPSA) is 179 Å². The number of rotatable bonds is 14. The van der Waals surface area contributed by atoms with Crippen LogP contribution in [0.25, 0.3) is 10.8 Å². The predicted octanol–water partition coefficient (Wildman–Crippen LogP) is 6.75. The van der Waals surface area contributed by atoms with E-state index in [1.165, 1.54) is 32.0 Å². The van der Waals surface area contributed by atoms with E-state index in [1.807, 2.05) is 26.8 Å². The number of nitrogens with zero attached hydrogens (tertiary/aromatic N) is 2. The number of nitrogens with two attached hydrogens (primary N) is 1. The highest BCUT2D eigenvalue weighted by Crippen LogP contribution is 2.41. The van der Waals surface area contributed by atoms with Crippen LogP contribution < -0.4 is 25.8 Å². The molecule has 300 valence electrons. The van der Waals surface area contributed by atoms with Crippen molar-refractivity contribution in [2.75, 3.05) is 36.1 Å². The maximum absolute atomic E-state index is 15.0. The molecule has 1 saturated heterocycles. The largest absolute Gasteiger partial charge is 0.490 e. The number of likely N-dealkylation sites (tertiary alicyclic amines) is 1. The van der Waals surface area contributed by atoms with Crippen LogP contribution in [0.3, 0.4) is 0 Å². The lowest BCUT2D eigenvalue weighted by atomic mass is 10.00. The molecule has 0 bridgehead atoms. The van der Waals surface area contributed by atoms with Gasteiger partial charge in [-0.3, -0.25) is 9.59 Å². The van der Waals surface area contributed by atoms with Crippen LogP contribution in [-0.4, -0.2) is 73.4 Å². The second-order valence-corrected chi connectivity index (χ2v) is 16.1. The number of hydrogen-bond donors (Lipinski definition) is 3. The first kappa shape index (κ1) is 41.6. The molecule has 4 aromatic rings. The number of hydrogen-bond acceptors (Lipinski definition) is 11. The smallest absolute Gasteiger partial charge is 0.490 e. The van der Waals surface area contributed by atoms with Crippen LogP contribution in [-0.2, 0) is 29.0 Å². The number of carbonyl (C=O) groups is 3. The van der Waals surface area contributed by atoms with Gasteiger partial charge in [0.1, 0.15) is 11.9 Å². The van der Waals surface area contributed by atoms with Crippen molar-refractivity contribution in [1.82, 2.24) is 9.88 Å². The molecule has 5 rings (SSSR count). The third kappa shape index (κ3) is 9.44. The molecule has 17 heteroatoms. The van der Waals surface area contributed by atoms with Crippen molar-refractivity contribution in [2.24, 2.45) is 0 Å². The number of esters is 1. The van der Waals surface area contributed by atoms with Crippen molar-refractivity contribution >= 4 is 55.6 Å². The zero-order valence-corrected chi connectivity index (χ0v) is 32.3. The quantitative estimate of drug-likeness (QED) is 0.115. The minimum Gasteiger partial charge on any atom is -0.490 e.